The number of aliphatic imine (C=N–C) groups is 1. The summed E-state index contributed by atoms with van der Waals surface area (Å²) in [6, 6.07) is 11.8. The largest absolute Gasteiger partial charge is 0.370 e. The number of nitrogens with zero attached hydrogens (tertiary/aromatic N) is 1. The lowest BCUT2D eigenvalue weighted by Gasteiger charge is -2.04. The third-order valence-corrected chi connectivity index (χ3v) is 3.75. The summed E-state index contributed by atoms with van der Waals surface area (Å²) in [6.45, 7) is 1.34. The van der Waals surface area contributed by atoms with Crippen LogP contribution in [0.25, 0.3) is 0 Å². The molecule has 0 saturated carbocycles. The van der Waals surface area contributed by atoms with Gasteiger partial charge in [0.15, 0.2) is 5.96 Å². The highest BCUT2D eigenvalue weighted by Gasteiger charge is 1.96. The van der Waals surface area contributed by atoms with E-state index < -0.39 is 0 Å². The number of halogens is 2. The first-order chi connectivity index (χ1) is 9.24. The van der Waals surface area contributed by atoms with Gasteiger partial charge in [-0.2, -0.15) is 0 Å². The molecule has 0 aliphatic heterocycles. The van der Waals surface area contributed by atoms with Gasteiger partial charge >= 0.3 is 0 Å². The Morgan fingerprint density at radius 1 is 1.30 bits per heavy atom. The van der Waals surface area contributed by atoms with E-state index in [0.29, 0.717) is 12.5 Å². The first kappa shape index (κ1) is 17.3. The molecule has 2 aromatic rings. The van der Waals surface area contributed by atoms with E-state index in [9.17, 15) is 0 Å². The van der Waals surface area contributed by atoms with Crippen molar-refractivity contribution in [2.45, 2.75) is 13.0 Å². The van der Waals surface area contributed by atoms with Crippen LogP contribution in [-0.2, 0) is 13.0 Å². The second-order valence-electron chi connectivity index (χ2n) is 4.09. The first-order valence-electron chi connectivity index (χ1n) is 6.04. The molecule has 2 rings (SSSR count). The molecule has 0 saturated heterocycles. The van der Waals surface area contributed by atoms with Gasteiger partial charge in [-0.25, -0.2) is 4.99 Å². The summed E-state index contributed by atoms with van der Waals surface area (Å²) in [5.74, 6) is 0.469. The standard InChI is InChI=1S/C14H16ClN3S.HI/c15-12-4-1-3-11(9-12)10-18-14(16)17-7-6-13-5-2-8-19-13;/h1-5,8-9H,6-7,10H2,(H3,16,17,18);1H. The van der Waals surface area contributed by atoms with Crippen molar-refractivity contribution in [3.05, 3.63) is 57.2 Å². The molecule has 1 aromatic carbocycles. The van der Waals surface area contributed by atoms with Gasteiger partial charge in [-0.05, 0) is 35.6 Å². The Bertz CT molecular complexity index is 543. The van der Waals surface area contributed by atoms with Gasteiger partial charge in [0.05, 0.1) is 6.54 Å². The zero-order valence-corrected chi connectivity index (χ0v) is 14.8. The van der Waals surface area contributed by atoms with Crippen LogP contribution in [0.4, 0.5) is 0 Å². The van der Waals surface area contributed by atoms with Crippen molar-refractivity contribution in [2.24, 2.45) is 10.7 Å². The van der Waals surface area contributed by atoms with E-state index in [1.54, 1.807) is 11.3 Å². The van der Waals surface area contributed by atoms with E-state index in [-0.39, 0.29) is 24.0 Å². The van der Waals surface area contributed by atoms with Crippen LogP contribution in [0.3, 0.4) is 0 Å². The van der Waals surface area contributed by atoms with Crippen LogP contribution in [0.1, 0.15) is 10.4 Å². The van der Waals surface area contributed by atoms with Crippen molar-refractivity contribution in [1.82, 2.24) is 5.32 Å². The van der Waals surface area contributed by atoms with E-state index >= 15 is 0 Å². The smallest absolute Gasteiger partial charge is 0.188 e. The number of guanidine groups is 1. The molecule has 0 aliphatic carbocycles. The molecule has 0 unspecified atom stereocenters. The van der Waals surface area contributed by atoms with E-state index in [1.165, 1.54) is 4.88 Å². The van der Waals surface area contributed by atoms with Crippen LogP contribution in [0.15, 0.2) is 46.8 Å². The summed E-state index contributed by atoms with van der Waals surface area (Å²) >= 11 is 7.66. The molecular weight excluding hydrogens is 405 g/mol. The zero-order valence-electron chi connectivity index (χ0n) is 10.9. The van der Waals surface area contributed by atoms with Crippen LogP contribution in [0.2, 0.25) is 5.02 Å². The Morgan fingerprint density at radius 2 is 2.15 bits per heavy atom. The van der Waals surface area contributed by atoms with E-state index in [2.05, 4.69) is 27.8 Å². The monoisotopic (exact) mass is 421 g/mol. The minimum atomic E-state index is 0. The fourth-order valence-electron chi connectivity index (χ4n) is 1.64. The van der Waals surface area contributed by atoms with Crippen molar-refractivity contribution >= 4 is 52.9 Å². The highest BCUT2D eigenvalue weighted by atomic mass is 127. The second-order valence-corrected chi connectivity index (χ2v) is 5.56. The average Bonchev–Trinajstić information content (AvgIpc) is 2.90. The number of hydrogen-bond donors (Lipinski definition) is 2. The van der Waals surface area contributed by atoms with E-state index in [0.717, 1.165) is 23.6 Å². The molecule has 0 aliphatic rings. The number of thiophene rings is 1. The van der Waals surface area contributed by atoms with Gasteiger partial charge in [0, 0.05) is 16.4 Å². The highest BCUT2D eigenvalue weighted by Crippen LogP contribution is 2.11. The molecule has 0 atom stereocenters. The lowest BCUT2D eigenvalue weighted by molar-refractivity contribution is 0.857. The fraction of sp³-hybridized carbons (Fsp3) is 0.214. The third kappa shape index (κ3) is 6.11. The van der Waals surface area contributed by atoms with Crippen molar-refractivity contribution in [3.63, 3.8) is 0 Å². The second kappa shape index (κ2) is 9.20. The van der Waals surface area contributed by atoms with Gasteiger partial charge in [-0.1, -0.05) is 29.8 Å². The molecule has 1 aromatic heterocycles. The van der Waals surface area contributed by atoms with E-state index in [4.69, 9.17) is 17.3 Å². The van der Waals surface area contributed by atoms with Gasteiger partial charge in [-0.15, -0.1) is 35.3 Å². The summed E-state index contributed by atoms with van der Waals surface area (Å²) in [5, 5.41) is 5.90. The van der Waals surface area contributed by atoms with Crippen LogP contribution >= 0.6 is 46.9 Å². The van der Waals surface area contributed by atoms with Crippen molar-refractivity contribution in [2.75, 3.05) is 6.54 Å². The molecule has 0 amide bonds. The Labute approximate surface area is 145 Å². The van der Waals surface area contributed by atoms with Crippen LogP contribution in [-0.4, -0.2) is 12.5 Å². The summed E-state index contributed by atoms with van der Waals surface area (Å²) in [6.07, 6.45) is 0.963. The summed E-state index contributed by atoms with van der Waals surface area (Å²) in [7, 11) is 0. The molecule has 0 fully saturated rings. The lowest BCUT2D eigenvalue weighted by atomic mass is 10.2. The molecule has 108 valence electrons. The highest BCUT2D eigenvalue weighted by molar-refractivity contribution is 14.0. The SMILES string of the molecule is I.NC(=NCc1cccc(Cl)c1)NCCc1cccs1. The average molecular weight is 422 g/mol. The minimum absolute atomic E-state index is 0. The number of hydrogen-bond acceptors (Lipinski definition) is 2. The van der Waals surface area contributed by atoms with Crippen LogP contribution in [0.5, 0.6) is 0 Å². The number of nitrogens with two attached hydrogens (primary N) is 1. The predicted molar refractivity (Wildman–Crippen MR) is 98.2 cm³/mol. The Balaban J connectivity index is 0.00000200. The maximum atomic E-state index is 5.91. The normalized spacial score (nSPS) is 10.9. The molecule has 3 nitrogen and oxygen atoms in total. The number of benzene rings is 1. The molecule has 0 spiro atoms. The minimum Gasteiger partial charge on any atom is -0.370 e. The van der Waals surface area contributed by atoms with Crippen molar-refractivity contribution in [1.29, 1.82) is 0 Å². The molecular formula is C14H17ClIN3S. The molecule has 1 heterocycles. The van der Waals surface area contributed by atoms with Gasteiger partial charge in [0.2, 0.25) is 0 Å². The Hall–Kier alpha value is -0.790. The summed E-state index contributed by atoms with van der Waals surface area (Å²) in [4.78, 5) is 5.63. The first-order valence-corrected chi connectivity index (χ1v) is 7.30. The van der Waals surface area contributed by atoms with Crippen molar-refractivity contribution < 1.29 is 0 Å². The fourth-order valence-corrected chi connectivity index (χ4v) is 2.56. The maximum absolute atomic E-state index is 5.91. The van der Waals surface area contributed by atoms with Gasteiger partial charge in [0.1, 0.15) is 0 Å². The van der Waals surface area contributed by atoms with Crippen LogP contribution in [0, 0.1) is 0 Å². The van der Waals surface area contributed by atoms with E-state index in [1.807, 2.05) is 24.3 Å². The summed E-state index contributed by atoms with van der Waals surface area (Å²) < 4.78 is 0. The number of nitrogens with one attached hydrogen (secondary N) is 1. The third-order valence-electron chi connectivity index (χ3n) is 2.58. The quantitative estimate of drug-likeness (QED) is 0.440. The lowest BCUT2D eigenvalue weighted by Crippen LogP contribution is -2.33. The zero-order chi connectivity index (χ0) is 13.5. The van der Waals surface area contributed by atoms with Gasteiger partial charge in [-0.3, -0.25) is 0 Å². The number of rotatable bonds is 5. The predicted octanol–water partition coefficient (Wildman–Crippen LogP) is 3.67. The summed E-state index contributed by atoms with van der Waals surface area (Å²) in [5.41, 5.74) is 6.86. The van der Waals surface area contributed by atoms with Gasteiger partial charge in [0.25, 0.3) is 0 Å². The topological polar surface area (TPSA) is 50.4 Å². The molecule has 6 heteroatoms. The van der Waals surface area contributed by atoms with Gasteiger partial charge < -0.3 is 11.1 Å². The molecule has 0 bridgehead atoms. The Morgan fingerprint density at radius 3 is 2.85 bits per heavy atom. The molecule has 3 N–H and O–H groups in total. The maximum Gasteiger partial charge on any atom is 0.188 e. The molecule has 20 heavy (non-hydrogen) atoms. The Kier molecular flexibility index (Phi) is 7.94. The van der Waals surface area contributed by atoms with Crippen LogP contribution < -0.4 is 11.1 Å². The molecule has 0 radical (unpaired) electrons. The van der Waals surface area contributed by atoms with Crippen molar-refractivity contribution in [3.8, 4) is 0 Å².